The Hall–Kier alpha value is -2.30. The van der Waals surface area contributed by atoms with Gasteiger partial charge in [-0.15, -0.1) is 0 Å². The van der Waals surface area contributed by atoms with E-state index < -0.39 is 0 Å². The number of hydrogen-bond donors (Lipinski definition) is 2. The molecule has 1 aromatic heterocycles. The van der Waals surface area contributed by atoms with Gasteiger partial charge in [-0.05, 0) is 26.0 Å². The van der Waals surface area contributed by atoms with Crippen LogP contribution in [0.5, 0.6) is 0 Å². The lowest BCUT2D eigenvalue weighted by atomic mass is 10.1. The van der Waals surface area contributed by atoms with Crippen LogP contribution in [0.25, 0.3) is 0 Å². The quantitative estimate of drug-likeness (QED) is 0.895. The number of aromatic nitrogens is 2. The van der Waals surface area contributed by atoms with Crippen LogP contribution in [0.2, 0.25) is 0 Å². The van der Waals surface area contributed by atoms with Crippen LogP contribution in [0.3, 0.4) is 0 Å². The number of carbonyl (C=O) groups excluding carboxylic acids is 1. The summed E-state index contributed by atoms with van der Waals surface area (Å²) in [4.78, 5) is 12.3. The lowest BCUT2D eigenvalue weighted by molar-refractivity contribution is 0.0951. The van der Waals surface area contributed by atoms with Crippen molar-refractivity contribution in [1.29, 1.82) is 0 Å². The zero-order valence-electron chi connectivity index (χ0n) is 12.3. The van der Waals surface area contributed by atoms with Gasteiger partial charge in [-0.1, -0.05) is 11.6 Å². The van der Waals surface area contributed by atoms with Crippen molar-refractivity contribution in [2.75, 3.05) is 12.4 Å². The highest BCUT2D eigenvalue weighted by Crippen LogP contribution is 2.17. The highest BCUT2D eigenvalue weighted by Gasteiger charge is 2.12. The van der Waals surface area contributed by atoms with Gasteiger partial charge < -0.3 is 10.6 Å². The first-order valence-electron chi connectivity index (χ1n) is 6.57. The molecule has 20 heavy (non-hydrogen) atoms. The molecule has 0 atom stereocenters. The first-order valence-corrected chi connectivity index (χ1v) is 6.57. The summed E-state index contributed by atoms with van der Waals surface area (Å²) in [6.45, 7) is 4.39. The molecular weight excluding hydrogens is 252 g/mol. The van der Waals surface area contributed by atoms with E-state index in [-0.39, 0.29) is 5.91 Å². The molecule has 0 fully saturated rings. The van der Waals surface area contributed by atoms with E-state index in [2.05, 4.69) is 15.7 Å². The SMILES string of the molecule is CNc1ccc(C)cc1C(=O)NCc1cn(C)nc1C. The molecule has 1 amide bonds. The molecule has 0 saturated carbocycles. The minimum absolute atomic E-state index is 0.0821. The smallest absolute Gasteiger partial charge is 0.253 e. The van der Waals surface area contributed by atoms with Crippen LogP contribution < -0.4 is 10.6 Å². The number of nitrogens with zero attached hydrogens (tertiary/aromatic N) is 2. The molecular formula is C15H20N4O. The van der Waals surface area contributed by atoms with Crippen LogP contribution in [0.1, 0.15) is 27.2 Å². The van der Waals surface area contributed by atoms with E-state index in [4.69, 9.17) is 0 Å². The highest BCUT2D eigenvalue weighted by molar-refractivity contribution is 5.99. The van der Waals surface area contributed by atoms with Gasteiger partial charge in [0.25, 0.3) is 5.91 Å². The van der Waals surface area contributed by atoms with Crippen LogP contribution in [-0.2, 0) is 13.6 Å². The number of aryl methyl sites for hydroxylation is 3. The van der Waals surface area contributed by atoms with Crippen LogP contribution in [0, 0.1) is 13.8 Å². The zero-order valence-corrected chi connectivity index (χ0v) is 12.3. The molecule has 0 radical (unpaired) electrons. The maximum Gasteiger partial charge on any atom is 0.253 e. The van der Waals surface area contributed by atoms with Crippen LogP contribution in [-0.4, -0.2) is 22.7 Å². The Kier molecular flexibility index (Phi) is 4.08. The van der Waals surface area contributed by atoms with E-state index >= 15 is 0 Å². The van der Waals surface area contributed by atoms with Gasteiger partial charge >= 0.3 is 0 Å². The number of amides is 1. The third kappa shape index (κ3) is 2.99. The van der Waals surface area contributed by atoms with Crippen molar-refractivity contribution in [2.45, 2.75) is 20.4 Å². The fourth-order valence-corrected chi connectivity index (χ4v) is 2.16. The predicted molar refractivity (Wildman–Crippen MR) is 79.8 cm³/mol. The highest BCUT2D eigenvalue weighted by atomic mass is 16.1. The molecule has 0 spiro atoms. The molecule has 0 bridgehead atoms. The van der Waals surface area contributed by atoms with E-state index in [0.717, 1.165) is 22.5 Å². The molecule has 1 heterocycles. The Bertz CT molecular complexity index is 631. The third-order valence-electron chi connectivity index (χ3n) is 3.24. The van der Waals surface area contributed by atoms with Gasteiger partial charge in [0, 0.05) is 38.1 Å². The second kappa shape index (κ2) is 5.77. The maximum atomic E-state index is 12.3. The molecule has 0 saturated heterocycles. The van der Waals surface area contributed by atoms with Crippen LogP contribution in [0.15, 0.2) is 24.4 Å². The summed E-state index contributed by atoms with van der Waals surface area (Å²) in [6.07, 6.45) is 1.92. The molecule has 2 N–H and O–H groups in total. The molecule has 0 unspecified atom stereocenters. The average Bonchev–Trinajstić information content (AvgIpc) is 2.74. The molecule has 2 rings (SSSR count). The minimum atomic E-state index is -0.0821. The van der Waals surface area contributed by atoms with E-state index in [0.29, 0.717) is 12.1 Å². The van der Waals surface area contributed by atoms with E-state index in [1.807, 2.05) is 52.3 Å². The Morgan fingerprint density at radius 2 is 2.10 bits per heavy atom. The molecule has 1 aromatic carbocycles. The predicted octanol–water partition coefficient (Wildman–Crippen LogP) is 2.01. The molecule has 0 aliphatic carbocycles. The molecule has 0 aliphatic heterocycles. The summed E-state index contributed by atoms with van der Waals surface area (Å²) in [6, 6.07) is 5.78. The van der Waals surface area contributed by atoms with Gasteiger partial charge in [0.2, 0.25) is 0 Å². The standard InChI is InChI=1S/C15H20N4O/c1-10-5-6-14(16-3)13(7-10)15(20)17-8-12-9-19(4)18-11(12)2/h5-7,9,16H,8H2,1-4H3,(H,17,20). The maximum absolute atomic E-state index is 12.3. The first-order chi connectivity index (χ1) is 9.51. The van der Waals surface area contributed by atoms with Crippen molar-refractivity contribution in [1.82, 2.24) is 15.1 Å². The number of anilines is 1. The zero-order chi connectivity index (χ0) is 14.7. The molecule has 5 heteroatoms. The second-order valence-electron chi connectivity index (χ2n) is 4.90. The largest absolute Gasteiger partial charge is 0.387 e. The van der Waals surface area contributed by atoms with Crippen molar-refractivity contribution < 1.29 is 4.79 Å². The summed E-state index contributed by atoms with van der Waals surface area (Å²) in [5.74, 6) is -0.0821. The normalized spacial score (nSPS) is 10.4. The van der Waals surface area contributed by atoms with E-state index in [1.54, 1.807) is 4.68 Å². The van der Waals surface area contributed by atoms with Gasteiger partial charge in [0.1, 0.15) is 0 Å². The second-order valence-corrected chi connectivity index (χ2v) is 4.90. The fourth-order valence-electron chi connectivity index (χ4n) is 2.16. The molecule has 5 nitrogen and oxygen atoms in total. The lowest BCUT2D eigenvalue weighted by Crippen LogP contribution is -2.24. The number of nitrogens with one attached hydrogen (secondary N) is 2. The number of rotatable bonds is 4. The van der Waals surface area contributed by atoms with E-state index in [9.17, 15) is 4.79 Å². The van der Waals surface area contributed by atoms with Gasteiger partial charge in [0.05, 0.1) is 11.3 Å². The Morgan fingerprint density at radius 1 is 1.35 bits per heavy atom. The summed E-state index contributed by atoms with van der Waals surface area (Å²) in [5.41, 5.74) is 4.52. The molecule has 2 aromatic rings. The van der Waals surface area contributed by atoms with Crippen molar-refractivity contribution in [3.63, 3.8) is 0 Å². The first kappa shape index (κ1) is 14.1. The Morgan fingerprint density at radius 3 is 2.70 bits per heavy atom. The van der Waals surface area contributed by atoms with Crippen molar-refractivity contribution >= 4 is 11.6 Å². The van der Waals surface area contributed by atoms with Crippen LogP contribution in [0.4, 0.5) is 5.69 Å². The monoisotopic (exact) mass is 272 g/mol. The number of carbonyl (C=O) groups is 1. The van der Waals surface area contributed by atoms with Crippen LogP contribution >= 0.6 is 0 Å². The molecule has 0 aliphatic rings. The van der Waals surface area contributed by atoms with Gasteiger partial charge in [-0.3, -0.25) is 9.48 Å². The van der Waals surface area contributed by atoms with Gasteiger partial charge in [-0.2, -0.15) is 5.10 Å². The summed E-state index contributed by atoms with van der Waals surface area (Å²) in [5, 5.41) is 10.2. The van der Waals surface area contributed by atoms with E-state index in [1.165, 1.54) is 0 Å². The molecule has 106 valence electrons. The summed E-state index contributed by atoms with van der Waals surface area (Å²) < 4.78 is 1.75. The van der Waals surface area contributed by atoms with Gasteiger partial charge in [0.15, 0.2) is 0 Å². The van der Waals surface area contributed by atoms with Crippen molar-refractivity contribution in [2.24, 2.45) is 7.05 Å². The fraction of sp³-hybridized carbons (Fsp3) is 0.333. The summed E-state index contributed by atoms with van der Waals surface area (Å²) >= 11 is 0. The summed E-state index contributed by atoms with van der Waals surface area (Å²) in [7, 11) is 3.69. The lowest BCUT2D eigenvalue weighted by Gasteiger charge is -2.10. The van der Waals surface area contributed by atoms with Crippen molar-refractivity contribution in [3.05, 3.63) is 46.8 Å². The number of benzene rings is 1. The third-order valence-corrected chi connectivity index (χ3v) is 3.24. The topological polar surface area (TPSA) is 59.0 Å². The number of hydrogen-bond acceptors (Lipinski definition) is 3. The Labute approximate surface area is 119 Å². The van der Waals surface area contributed by atoms with Crippen molar-refractivity contribution in [3.8, 4) is 0 Å². The van der Waals surface area contributed by atoms with Gasteiger partial charge in [-0.25, -0.2) is 0 Å². The minimum Gasteiger partial charge on any atom is -0.387 e. The average molecular weight is 272 g/mol. The Balaban J connectivity index is 2.12.